The molecule has 0 spiro atoms. The van der Waals surface area contributed by atoms with Gasteiger partial charge in [-0.15, -0.1) is 0 Å². The van der Waals surface area contributed by atoms with Crippen LogP contribution < -0.4 is 16.0 Å². The van der Waals surface area contributed by atoms with Crippen LogP contribution in [0.5, 0.6) is 0 Å². The molecule has 4 N–H and O–H groups in total. The third kappa shape index (κ3) is 72.9. The molecule has 52 heavy (non-hydrogen) atoms. The first-order valence-electron chi connectivity index (χ1n) is 17.6. The van der Waals surface area contributed by atoms with E-state index in [1.807, 2.05) is 27.8 Å². The Balaban J connectivity index is -0.000000201. The molecule has 0 aliphatic rings. The zero-order chi connectivity index (χ0) is 40.4. The lowest BCUT2D eigenvalue weighted by atomic mass is 10.1. The van der Waals surface area contributed by atoms with Crippen LogP contribution in [0.15, 0.2) is 0 Å². The van der Waals surface area contributed by atoms with Gasteiger partial charge in [0, 0.05) is 46.8 Å². The van der Waals surface area contributed by atoms with Crippen molar-refractivity contribution in [1.29, 1.82) is 0 Å². The summed E-state index contributed by atoms with van der Waals surface area (Å²) in [6.45, 7) is 15.7. The van der Waals surface area contributed by atoms with E-state index in [4.69, 9.17) is 43.1 Å². The molecule has 0 radical (unpaired) electrons. The maximum atomic E-state index is 11.3. The Morgan fingerprint density at radius 1 is 0.673 bits per heavy atom. The monoisotopic (exact) mass is 760 g/mol. The molecule has 17 heteroatoms. The van der Waals surface area contributed by atoms with Crippen molar-refractivity contribution in [3.8, 4) is 0 Å². The van der Waals surface area contributed by atoms with Crippen molar-refractivity contribution in [1.82, 2.24) is 16.0 Å². The topological polar surface area (TPSA) is 216 Å². The SMILES string of the molecule is CCCOCCOCCNC.CNC(C=O)CCCCNC(=O)OC(C)(C)C.COC.O=CCCOCCOCCOCCOCCC=O.O=CO. The normalized spacial score (nSPS) is 10.6. The molecule has 0 rings (SSSR count). The van der Waals surface area contributed by atoms with Gasteiger partial charge in [-0.3, -0.25) is 4.79 Å². The molecule has 0 aromatic rings. The van der Waals surface area contributed by atoms with Crippen LogP contribution in [0.25, 0.3) is 0 Å². The summed E-state index contributed by atoms with van der Waals surface area (Å²) in [5.41, 5.74) is -0.459. The first-order chi connectivity index (χ1) is 25.0. The fraction of sp³-hybridized carbons (Fsp3) is 0.857. The van der Waals surface area contributed by atoms with E-state index in [-0.39, 0.29) is 12.5 Å². The molecule has 1 atom stereocenters. The van der Waals surface area contributed by atoms with E-state index in [2.05, 4.69) is 27.6 Å². The Labute approximate surface area is 312 Å². The highest BCUT2D eigenvalue weighted by atomic mass is 16.6. The lowest BCUT2D eigenvalue weighted by Gasteiger charge is -2.19. The van der Waals surface area contributed by atoms with Crippen molar-refractivity contribution in [2.24, 2.45) is 0 Å². The highest BCUT2D eigenvalue weighted by molar-refractivity contribution is 5.67. The maximum Gasteiger partial charge on any atom is 0.407 e. The Morgan fingerprint density at radius 3 is 1.42 bits per heavy atom. The fourth-order valence-corrected chi connectivity index (χ4v) is 2.94. The first kappa shape index (κ1) is 58.7. The molecule has 0 bridgehead atoms. The van der Waals surface area contributed by atoms with Gasteiger partial charge in [0.2, 0.25) is 0 Å². The van der Waals surface area contributed by atoms with Crippen molar-refractivity contribution in [3.05, 3.63) is 0 Å². The Hall–Kier alpha value is -2.61. The second-order valence-electron chi connectivity index (χ2n) is 11.2. The summed E-state index contributed by atoms with van der Waals surface area (Å²) >= 11 is 0. The number of nitrogens with one attached hydrogen (secondary N) is 3. The molecule has 0 aromatic heterocycles. The van der Waals surface area contributed by atoms with Crippen LogP contribution in [0.4, 0.5) is 4.79 Å². The zero-order valence-electron chi connectivity index (χ0n) is 33.3. The third-order valence-electron chi connectivity index (χ3n) is 5.24. The summed E-state index contributed by atoms with van der Waals surface area (Å²) in [5.74, 6) is 0. The van der Waals surface area contributed by atoms with Gasteiger partial charge in [-0.1, -0.05) is 6.92 Å². The highest BCUT2D eigenvalue weighted by Gasteiger charge is 2.15. The number of carbonyl (C=O) groups excluding carboxylic acids is 4. The van der Waals surface area contributed by atoms with Gasteiger partial charge in [-0.2, -0.15) is 0 Å². The predicted octanol–water partition coefficient (Wildman–Crippen LogP) is 2.31. The Bertz CT molecular complexity index is 689. The number of ether oxygens (including phenoxy) is 8. The number of methoxy groups -OCH3 is 1. The van der Waals surface area contributed by atoms with Crippen molar-refractivity contribution >= 4 is 31.4 Å². The van der Waals surface area contributed by atoms with Crippen LogP contribution >= 0.6 is 0 Å². The summed E-state index contributed by atoms with van der Waals surface area (Å²) in [6, 6.07) is -0.0865. The van der Waals surface area contributed by atoms with Gasteiger partial charge in [0.1, 0.15) is 24.5 Å². The molecule has 0 aliphatic carbocycles. The number of carboxylic acid groups (broad SMARTS) is 1. The second kappa shape index (κ2) is 55.2. The summed E-state index contributed by atoms with van der Waals surface area (Å²) in [5, 5.41) is 15.5. The van der Waals surface area contributed by atoms with Crippen LogP contribution in [-0.2, 0) is 57.1 Å². The largest absolute Gasteiger partial charge is 0.483 e. The molecular weight excluding hydrogens is 686 g/mol. The minimum Gasteiger partial charge on any atom is -0.483 e. The zero-order valence-corrected chi connectivity index (χ0v) is 33.3. The number of aldehydes is 3. The molecule has 0 heterocycles. The molecule has 0 saturated carbocycles. The lowest BCUT2D eigenvalue weighted by molar-refractivity contribution is -0.123. The van der Waals surface area contributed by atoms with Gasteiger partial charge < -0.3 is 73.3 Å². The van der Waals surface area contributed by atoms with Crippen molar-refractivity contribution in [2.45, 2.75) is 77.9 Å². The lowest BCUT2D eigenvalue weighted by Crippen LogP contribution is -2.33. The van der Waals surface area contributed by atoms with E-state index in [1.165, 1.54) is 0 Å². The summed E-state index contributed by atoms with van der Waals surface area (Å²) in [6.07, 6.45) is 6.61. The Morgan fingerprint density at radius 2 is 1.08 bits per heavy atom. The summed E-state index contributed by atoms with van der Waals surface area (Å²) < 4.78 is 40.5. The van der Waals surface area contributed by atoms with E-state index < -0.39 is 11.7 Å². The number of hydrogen-bond acceptors (Lipinski definition) is 15. The van der Waals surface area contributed by atoms with E-state index >= 15 is 0 Å². The van der Waals surface area contributed by atoms with Crippen molar-refractivity contribution in [2.75, 3.05) is 121 Å². The molecule has 1 amide bonds. The van der Waals surface area contributed by atoms with Gasteiger partial charge >= 0.3 is 6.09 Å². The van der Waals surface area contributed by atoms with Crippen LogP contribution in [0.3, 0.4) is 0 Å². The van der Waals surface area contributed by atoms with Crippen LogP contribution in [0.1, 0.15) is 66.2 Å². The summed E-state index contributed by atoms with van der Waals surface area (Å²) in [4.78, 5) is 50.1. The molecule has 312 valence electrons. The smallest absolute Gasteiger partial charge is 0.407 e. The fourth-order valence-electron chi connectivity index (χ4n) is 2.94. The van der Waals surface area contributed by atoms with Crippen molar-refractivity contribution in [3.63, 3.8) is 0 Å². The average Bonchev–Trinajstić information content (AvgIpc) is 3.10. The van der Waals surface area contributed by atoms with Gasteiger partial charge in [0.05, 0.1) is 78.7 Å². The molecule has 0 fully saturated rings. The number of alkyl carbamates (subject to hydrolysis) is 1. The number of rotatable bonds is 30. The molecule has 0 saturated heterocycles. The second-order valence-corrected chi connectivity index (χ2v) is 11.2. The molecule has 17 nitrogen and oxygen atoms in total. The number of unbranched alkanes of at least 4 members (excludes halogenated alkanes) is 1. The van der Waals surface area contributed by atoms with Crippen LogP contribution in [0, 0.1) is 0 Å². The highest BCUT2D eigenvalue weighted by Crippen LogP contribution is 2.06. The predicted molar refractivity (Wildman–Crippen MR) is 199 cm³/mol. The van der Waals surface area contributed by atoms with E-state index in [9.17, 15) is 19.2 Å². The number of amides is 1. The average molecular weight is 760 g/mol. The third-order valence-corrected chi connectivity index (χ3v) is 5.24. The molecular formula is C35H73N3O14. The van der Waals surface area contributed by atoms with Crippen LogP contribution in [0.2, 0.25) is 0 Å². The van der Waals surface area contributed by atoms with Gasteiger partial charge in [-0.05, 0) is 60.5 Å². The van der Waals surface area contributed by atoms with Gasteiger partial charge in [0.25, 0.3) is 6.47 Å². The number of hydrogen-bond donors (Lipinski definition) is 4. The maximum absolute atomic E-state index is 11.3. The first-order valence-corrected chi connectivity index (χ1v) is 17.6. The van der Waals surface area contributed by atoms with E-state index in [0.29, 0.717) is 78.8 Å². The minimum atomic E-state index is -0.459. The number of carbonyl (C=O) groups is 5. The van der Waals surface area contributed by atoms with E-state index in [0.717, 1.165) is 70.9 Å². The van der Waals surface area contributed by atoms with Crippen LogP contribution in [-0.4, -0.2) is 169 Å². The molecule has 0 aromatic carbocycles. The Kier molecular flexibility index (Phi) is 62.2. The quantitative estimate of drug-likeness (QED) is 0.0611. The molecule has 1 unspecified atom stereocenters. The minimum absolute atomic E-state index is 0.0865. The van der Waals surface area contributed by atoms with Gasteiger partial charge in [-0.25, -0.2) is 4.79 Å². The van der Waals surface area contributed by atoms with E-state index in [1.54, 1.807) is 21.3 Å². The van der Waals surface area contributed by atoms with Gasteiger partial charge in [0.15, 0.2) is 0 Å². The standard InChI is InChI=1S/C12H24N2O3.C12H22O6.C8H19NO2.C2H6O.CH2O2/c1-12(2,3)17-11(16)14-8-6-5-7-10(9-15)13-4;13-3-1-5-15-7-9-17-11-12-18-10-8-16-6-2-4-14;1-3-5-10-7-8-11-6-4-9-2;1-3-2;2-1-3/h9-10,13H,5-8H2,1-4H3,(H,14,16);3-4H,1-2,5-12H2;9H,3-8H2,1-2H3;1-2H3;1H,(H,2,3). The number of likely N-dealkylation sites (N-methyl/N-ethyl adjacent to an activating group) is 2. The molecule has 0 aliphatic heterocycles. The van der Waals surface area contributed by atoms with Crippen molar-refractivity contribution < 1.29 is 67.0 Å². The summed E-state index contributed by atoms with van der Waals surface area (Å²) in [7, 11) is 6.93.